The van der Waals surface area contributed by atoms with E-state index in [2.05, 4.69) is 5.10 Å². The molecule has 2 heterocycles. The van der Waals surface area contributed by atoms with E-state index in [0.717, 1.165) is 12.8 Å². The number of aromatic nitrogens is 3. The van der Waals surface area contributed by atoms with Crippen molar-refractivity contribution in [1.29, 1.82) is 0 Å². The highest BCUT2D eigenvalue weighted by Gasteiger charge is 2.14. The van der Waals surface area contributed by atoms with Gasteiger partial charge in [-0.1, -0.05) is 13.0 Å². The molecule has 0 aromatic carbocycles. The summed E-state index contributed by atoms with van der Waals surface area (Å²) in [5.41, 5.74) is 6.13. The molecule has 2 aromatic heterocycles. The van der Waals surface area contributed by atoms with E-state index in [-0.39, 0.29) is 11.7 Å². The van der Waals surface area contributed by atoms with Gasteiger partial charge in [0, 0.05) is 6.20 Å². The molecule has 1 atom stereocenters. The Kier molecular flexibility index (Phi) is 3.05. The average molecular weight is 220 g/mol. The quantitative estimate of drug-likeness (QED) is 0.828. The van der Waals surface area contributed by atoms with Crippen molar-refractivity contribution in [3.8, 4) is 0 Å². The number of rotatable bonds is 4. The zero-order valence-corrected chi connectivity index (χ0v) is 9.34. The number of fused-ring (bicyclic) bond motifs is 1. The van der Waals surface area contributed by atoms with Crippen LogP contribution < -0.4 is 11.4 Å². The maximum Gasteiger partial charge on any atom is 0.350 e. The van der Waals surface area contributed by atoms with Gasteiger partial charge in [-0.3, -0.25) is 4.40 Å². The number of hydrogen-bond donors (Lipinski definition) is 1. The van der Waals surface area contributed by atoms with Gasteiger partial charge in [-0.2, -0.15) is 0 Å². The van der Waals surface area contributed by atoms with E-state index in [4.69, 9.17) is 5.73 Å². The number of pyridine rings is 1. The second-order valence-corrected chi connectivity index (χ2v) is 3.80. The average Bonchev–Trinajstić information content (AvgIpc) is 2.64. The molecule has 0 fully saturated rings. The lowest BCUT2D eigenvalue weighted by Gasteiger charge is -2.11. The van der Waals surface area contributed by atoms with Crippen LogP contribution in [0.1, 0.15) is 25.8 Å². The van der Waals surface area contributed by atoms with E-state index < -0.39 is 0 Å². The van der Waals surface area contributed by atoms with Crippen molar-refractivity contribution >= 4 is 5.65 Å². The second kappa shape index (κ2) is 4.49. The van der Waals surface area contributed by atoms with Gasteiger partial charge in [0.25, 0.3) is 0 Å². The van der Waals surface area contributed by atoms with Crippen LogP contribution in [-0.2, 0) is 0 Å². The van der Waals surface area contributed by atoms with E-state index in [0.29, 0.717) is 12.2 Å². The lowest BCUT2D eigenvalue weighted by molar-refractivity contribution is 0.406. The maximum absolute atomic E-state index is 12.0. The summed E-state index contributed by atoms with van der Waals surface area (Å²) in [4.78, 5) is 12.0. The summed E-state index contributed by atoms with van der Waals surface area (Å²) < 4.78 is 3.10. The Morgan fingerprint density at radius 3 is 2.94 bits per heavy atom. The van der Waals surface area contributed by atoms with E-state index >= 15 is 0 Å². The predicted molar refractivity (Wildman–Crippen MR) is 62.5 cm³/mol. The molecular weight excluding hydrogens is 204 g/mol. The Labute approximate surface area is 93.5 Å². The van der Waals surface area contributed by atoms with Gasteiger partial charge in [-0.15, -0.1) is 5.10 Å². The molecule has 16 heavy (non-hydrogen) atoms. The summed E-state index contributed by atoms with van der Waals surface area (Å²) in [7, 11) is 0. The molecular formula is C11H16N4O. The molecule has 5 heteroatoms. The highest BCUT2D eigenvalue weighted by molar-refractivity contribution is 5.35. The van der Waals surface area contributed by atoms with Crippen LogP contribution in [0.2, 0.25) is 0 Å². The van der Waals surface area contributed by atoms with Crippen molar-refractivity contribution < 1.29 is 0 Å². The van der Waals surface area contributed by atoms with Crippen LogP contribution in [0, 0.1) is 0 Å². The van der Waals surface area contributed by atoms with Crippen molar-refractivity contribution in [3.05, 3.63) is 34.9 Å². The van der Waals surface area contributed by atoms with Crippen LogP contribution in [0.5, 0.6) is 0 Å². The van der Waals surface area contributed by atoms with Gasteiger partial charge in [-0.05, 0) is 31.5 Å². The minimum absolute atomic E-state index is 0.0871. The lowest BCUT2D eigenvalue weighted by atomic mass is 10.1. The molecule has 0 spiro atoms. The molecule has 0 saturated heterocycles. The van der Waals surface area contributed by atoms with Crippen LogP contribution >= 0.6 is 0 Å². The highest BCUT2D eigenvalue weighted by atomic mass is 16.2. The molecule has 2 rings (SSSR count). The number of nitrogens with zero attached hydrogens (tertiary/aromatic N) is 3. The Morgan fingerprint density at radius 2 is 2.31 bits per heavy atom. The van der Waals surface area contributed by atoms with Gasteiger partial charge >= 0.3 is 5.69 Å². The fourth-order valence-corrected chi connectivity index (χ4v) is 1.87. The van der Waals surface area contributed by atoms with Gasteiger partial charge in [0.15, 0.2) is 5.65 Å². The first-order valence-electron chi connectivity index (χ1n) is 5.54. The maximum atomic E-state index is 12.0. The Balaban J connectivity index is 2.52. The summed E-state index contributed by atoms with van der Waals surface area (Å²) >= 11 is 0. The first-order valence-corrected chi connectivity index (χ1v) is 5.54. The first kappa shape index (κ1) is 10.9. The second-order valence-electron chi connectivity index (χ2n) is 3.80. The molecule has 5 nitrogen and oxygen atoms in total. The molecule has 2 N–H and O–H groups in total. The Morgan fingerprint density at radius 1 is 1.50 bits per heavy atom. The molecule has 0 radical (unpaired) electrons. The molecule has 0 bridgehead atoms. The third kappa shape index (κ3) is 1.74. The fourth-order valence-electron chi connectivity index (χ4n) is 1.87. The van der Waals surface area contributed by atoms with Crippen molar-refractivity contribution in [3.63, 3.8) is 0 Å². The van der Waals surface area contributed by atoms with Crippen molar-refractivity contribution in [2.45, 2.75) is 25.8 Å². The third-order valence-corrected chi connectivity index (χ3v) is 2.77. The van der Waals surface area contributed by atoms with E-state index in [1.807, 2.05) is 25.1 Å². The van der Waals surface area contributed by atoms with Crippen LogP contribution in [0.25, 0.3) is 5.65 Å². The molecule has 0 aliphatic carbocycles. The zero-order valence-electron chi connectivity index (χ0n) is 9.34. The van der Waals surface area contributed by atoms with Crippen LogP contribution in [-0.4, -0.2) is 20.7 Å². The minimum Gasteiger partial charge on any atom is -0.330 e. The Hall–Kier alpha value is -1.62. The van der Waals surface area contributed by atoms with Crippen molar-refractivity contribution in [2.24, 2.45) is 5.73 Å². The van der Waals surface area contributed by atoms with Crippen LogP contribution in [0.4, 0.5) is 0 Å². The van der Waals surface area contributed by atoms with Gasteiger partial charge in [0.05, 0.1) is 6.04 Å². The van der Waals surface area contributed by atoms with Crippen molar-refractivity contribution in [1.82, 2.24) is 14.2 Å². The normalized spacial score (nSPS) is 13.1. The van der Waals surface area contributed by atoms with Gasteiger partial charge in [-0.25, -0.2) is 9.48 Å². The van der Waals surface area contributed by atoms with Crippen LogP contribution in [0.15, 0.2) is 29.2 Å². The first-order chi connectivity index (χ1) is 7.77. The standard InChI is InChI=1S/C11H16N4O/c1-2-9(6-7-12)15-11(16)14-8-4-3-5-10(14)13-15/h3-5,8-9H,2,6-7,12H2,1H3. The third-order valence-electron chi connectivity index (χ3n) is 2.77. The number of nitrogens with two attached hydrogens (primary N) is 1. The summed E-state index contributed by atoms with van der Waals surface area (Å²) in [6.45, 7) is 2.61. The summed E-state index contributed by atoms with van der Waals surface area (Å²) in [5.74, 6) is 0. The lowest BCUT2D eigenvalue weighted by Crippen LogP contribution is -2.26. The summed E-state index contributed by atoms with van der Waals surface area (Å²) in [5, 5.41) is 4.31. The largest absolute Gasteiger partial charge is 0.350 e. The minimum atomic E-state index is -0.0871. The van der Waals surface area contributed by atoms with Gasteiger partial charge in [0.2, 0.25) is 0 Å². The SMILES string of the molecule is CCC(CCN)n1nc2ccccn2c1=O. The van der Waals surface area contributed by atoms with Gasteiger partial charge in [0.1, 0.15) is 0 Å². The van der Waals surface area contributed by atoms with E-state index in [1.165, 1.54) is 0 Å². The molecule has 0 aliphatic rings. The molecule has 0 aliphatic heterocycles. The smallest absolute Gasteiger partial charge is 0.330 e. The number of hydrogen-bond acceptors (Lipinski definition) is 3. The van der Waals surface area contributed by atoms with Crippen molar-refractivity contribution in [2.75, 3.05) is 6.54 Å². The molecule has 0 saturated carbocycles. The molecule has 2 aromatic rings. The monoisotopic (exact) mass is 220 g/mol. The predicted octanol–water partition coefficient (Wildman–Crippen LogP) is 0.796. The molecule has 0 amide bonds. The highest BCUT2D eigenvalue weighted by Crippen LogP contribution is 2.11. The molecule has 86 valence electrons. The zero-order chi connectivity index (χ0) is 11.5. The van der Waals surface area contributed by atoms with Gasteiger partial charge < -0.3 is 5.73 Å². The Bertz CT molecular complexity index is 528. The van der Waals surface area contributed by atoms with E-state index in [9.17, 15) is 4.79 Å². The summed E-state index contributed by atoms with van der Waals surface area (Å²) in [6.07, 6.45) is 3.37. The summed E-state index contributed by atoms with van der Waals surface area (Å²) in [6, 6.07) is 5.62. The topological polar surface area (TPSA) is 65.3 Å². The molecule has 1 unspecified atom stereocenters. The van der Waals surface area contributed by atoms with E-state index in [1.54, 1.807) is 15.3 Å². The fraction of sp³-hybridized carbons (Fsp3) is 0.455. The van der Waals surface area contributed by atoms with Crippen LogP contribution in [0.3, 0.4) is 0 Å².